The van der Waals surface area contributed by atoms with Crippen molar-refractivity contribution in [2.24, 2.45) is 5.73 Å². The summed E-state index contributed by atoms with van der Waals surface area (Å²) >= 11 is 0. The molecule has 2 atom stereocenters. The molecule has 0 fully saturated rings. The molecule has 0 radical (unpaired) electrons. The molecule has 0 aromatic heterocycles. The number of aliphatic carboxylic acids is 2. The molecule has 2 unspecified atom stereocenters. The fraction of sp³-hybridized carbons (Fsp3) is 0.182. The van der Waals surface area contributed by atoms with Crippen molar-refractivity contribution in [3.8, 4) is 0 Å². The van der Waals surface area contributed by atoms with E-state index in [2.05, 4.69) is 5.32 Å². The predicted molar refractivity (Wildman–Crippen MR) is 110 cm³/mol. The number of fused-ring (bicyclic) bond motifs is 1. The lowest BCUT2D eigenvalue weighted by Gasteiger charge is -2.12. The first-order chi connectivity index (χ1) is 14.2. The molecule has 0 bridgehead atoms. The van der Waals surface area contributed by atoms with Gasteiger partial charge in [0.25, 0.3) is 0 Å². The van der Waals surface area contributed by atoms with Gasteiger partial charge in [0.05, 0.1) is 0 Å². The van der Waals surface area contributed by atoms with E-state index in [1.807, 2.05) is 42.5 Å². The normalized spacial score (nSPS) is 12.4. The maximum atomic E-state index is 12.7. The Labute approximate surface area is 171 Å². The van der Waals surface area contributed by atoms with E-state index in [0.717, 1.165) is 28.6 Å². The number of nitrogens with two attached hydrogens (primary N) is 1. The molecule has 3 aromatic carbocycles. The van der Waals surface area contributed by atoms with Crippen LogP contribution in [0.3, 0.4) is 0 Å². The van der Waals surface area contributed by atoms with Gasteiger partial charge in [0, 0.05) is 11.1 Å². The first-order valence-electron chi connectivity index (χ1n) is 9.08. The van der Waals surface area contributed by atoms with Crippen LogP contribution in [-0.4, -0.2) is 34.2 Å². The number of carbonyl (C=O) groups is 2. The molecular weight excluding hydrogens is 394 g/mol. The lowest BCUT2D eigenvalue weighted by Crippen LogP contribution is -2.32. The Hall–Kier alpha value is -3.52. The van der Waals surface area contributed by atoms with Crippen LogP contribution in [0.2, 0.25) is 0 Å². The minimum atomic E-state index is -1.17. The third-order valence-corrected chi connectivity index (χ3v) is 4.29. The van der Waals surface area contributed by atoms with E-state index in [0.29, 0.717) is 5.56 Å². The number of carboxylic acid groups (broad SMARTS) is 2. The van der Waals surface area contributed by atoms with Crippen LogP contribution in [0.15, 0.2) is 60.7 Å². The summed E-state index contributed by atoms with van der Waals surface area (Å²) < 4.78 is 25.1. The number of nitrogens with one attached hydrogen (secondary N) is 1. The van der Waals surface area contributed by atoms with Crippen LogP contribution in [0, 0.1) is 11.6 Å². The molecule has 0 aliphatic carbocycles. The Kier molecular flexibility index (Phi) is 7.83. The van der Waals surface area contributed by atoms with E-state index < -0.39 is 35.7 Å². The molecule has 0 heterocycles. The van der Waals surface area contributed by atoms with Gasteiger partial charge in [0.15, 0.2) is 11.6 Å². The van der Waals surface area contributed by atoms with Crippen LogP contribution < -0.4 is 11.1 Å². The molecule has 0 saturated carbocycles. The third kappa shape index (κ3) is 6.25. The van der Waals surface area contributed by atoms with Gasteiger partial charge in [-0.15, -0.1) is 0 Å². The van der Waals surface area contributed by atoms with E-state index in [1.165, 1.54) is 6.07 Å². The number of halogens is 2. The Morgan fingerprint density at radius 1 is 0.967 bits per heavy atom. The summed E-state index contributed by atoms with van der Waals surface area (Å²) in [7, 11) is 0. The van der Waals surface area contributed by atoms with E-state index in [-0.39, 0.29) is 6.42 Å². The number of carboxylic acids is 2. The minimum Gasteiger partial charge on any atom is -0.480 e. The Morgan fingerprint density at radius 3 is 2.27 bits per heavy atom. The zero-order valence-corrected chi connectivity index (χ0v) is 16.2. The SMILES string of the molecule is CC(Nc1cccc2ccccc12)C(=O)O.NC(Cc1ccc(F)c(F)c1)C(=O)O. The van der Waals surface area contributed by atoms with Crippen molar-refractivity contribution < 1.29 is 28.6 Å². The standard InChI is InChI=1S/C13H13NO2.C9H9F2NO2/c1-9(13(15)16)14-12-8-4-6-10-5-2-3-7-11(10)12;10-6-2-1-5(3-7(6)11)4-8(12)9(13)14/h2-9,14H,1H3,(H,15,16);1-3,8H,4,12H2,(H,13,14). The topological polar surface area (TPSA) is 113 Å². The van der Waals surface area contributed by atoms with Gasteiger partial charge in [0.2, 0.25) is 0 Å². The average Bonchev–Trinajstić information content (AvgIpc) is 2.71. The second-order valence-electron chi connectivity index (χ2n) is 6.63. The molecule has 5 N–H and O–H groups in total. The molecule has 0 aliphatic rings. The van der Waals surface area contributed by atoms with Crippen molar-refractivity contribution in [3.05, 3.63) is 77.9 Å². The number of hydrogen-bond donors (Lipinski definition) is 4. The molecule has 3 rings (SSSR count). The largest absolute Gasteiger partial charge is 0.480 e. The van der Waals surface area contributed by atoms with Gasteiger partial charge < -0.3 is 21.3 Å². The van der Waals surface area contributed by atoms with Gasteiger partial charge in [-0.3, -0.25) is 9.59 Å². The summed E-state index contributed by atoms with van der Waals surface area (Å²) in [5.41, 5.74) is 6.44. The second kappa shape index (κ2) is 10.3. The summed E-state index contributed by atoms with van der Waals surface area (Å²) in [5.74, 6) is -3.99. The lowest BCUT2D eigenvalue weighted by atomic mass is 10.1. The number of benzene rings is 3. The highest BCUT2D eigenvalue weighted by Crippen LogP contribution is 2.23. The van der Waals surface area contributed by atoms with Crippen molar-refractivity contribution in [3.63, 3.8) is 0 Å². The van der Waals surface area contributed by atoms with E-state index >= 15 is 0 Å². The predicted octanol–water partition coefficient (Wildman–Crippen LogP) is 3.64. The maximum absolute atomic E-state index is 12.7. The highest BCUT2D eigenvalue weighted by molar-refractivity contribution is 5.95. The monoisotopic (exact) mass is 416 g/mol. The number of anilines is 1. The zero-order valence-electron chi connectivity index (χ0n) is 16.2. The highest BCUT2D eigenvalue weighted by atomic mass is 19.2. The molecule has 6 nitrogen and oxygen atoms in total. The molecule has 30 heavy (non-hydrogen) atoms. The molecule has 0 amide bonds. The van der Waals surface area contributed by atoms with Crippen molar-refractivity contribution in [1.29, 1.82) is 0 Å². The quantitative estimate of drug-likeness (QED) is 0.488. The average molecular weight is 416 g/mol. The Morgan fingerprint density at radius 2 is 1.63 bits per heavy atom. The zero-order chi connectivity index (χ0) is 22.3. The van der Waals surface area contributed by atoms with Crippen LogP contribution in [0.4, 0.5) is 14.5 Å². The first-order valence-corrected chi connectivity index (χ1v) is 9.08. The van der Waals surface area contributed by atoms with Gasteiger partial charge in [-0.05, 0) is 42.5 Å². The fourth-order valence-electron chi connectivity index (χ4n) is 2.65. The first kappa shape index (κ1) is 22.8. The fourth-order valence-corrected chi connectivity index (χ4v) is 2.65. The van der Waals surface area contributed by atoms with Gasteiger partial charge in [-0.1, -0.05) is 42.5 Å². The number of rotatable bonds is 6. The summed E-state index contributed by atoms with van der Waals surface area (Å²) in [6, 6.07) is 15.2. The Bertz CT molecular complexity index is 1040. The highest BCUT2D eigenvalue weighted by Gasteiger charge is 2.13. The van der Waals surface area contributed by atoms with E-state index in [1.54, 1.807) is 6.92 Å². The van der Waals surface area contributed by atoms with Gasteiger partial charge >= 0.3 is 11.9 Å². The lowest BCUT2D eigenvalue weighted by molar-refractivity contribution is -0.139. The van der Waals surface area contributed by atoms with Crippen LogP contribution in [0.5, 0.6) is 0 Å². The molecule has 8 heteroatoms. The van der Waals surface area contributed by atoms with Crippen molar-refractivity contribution in [1.82, 2.24) is 0 Å². The molecule has 0 saturated heterocycles. The minimum absolute atomic E-state index is 0.0213. The van der Waals surface area contributed by atoms with Crippen molar-refractivity contribution in [2.75, 3.05) is 5.32 Å². The van der Waals surface area contributed by atoms with Gasteiger partial charge in [0.1, 0.15) is 12.1 Å². The summed E-state index contributed by atoms with van der Waals surface area (Å²) in [4.78, 5) is 21.1. The molecule has 3 aromatic rings. The summed E-state index contributed by atoms with van der Waals surface area (Å²) in [6.07, 6.45) is -0.0213. The van der Waals surface area contributed by atoms with Crippen LogP contribution in [-0.2, 0) is 16.0 Å². The van der Waals surface area contributed by atoms with Crippen LogP contribution in [0.25, 0.3) is 10.8 Å². The summed E-state index contributed by atoms with van der Waals surface area (Å²) in [6.45, 7) is 1.63. The Balaban J connectivity index is 0.000000216. The van der Waals surface area contributed by atoms with E-state index in [9.17, 15) is 18.4 Å². The molecular formula is C22H22F2N2O4. The van der Waals surface area contributed by atoms with Crippen LogP contribution >= 0.6 is 0 Å². The van der Waals surface area contributed by atoms with E-state index in [4.69, 9.17) is 15.9 Å². The molecule has 0 spiro atoms. The number of hydrogen-bond acceptors (Lipinski definition) is 4. The molecule has 158 valence electrons. The van der Waals surface area contributed by atoms with Gasteiger partial charge in [-0.25, -0.2) is 8.78 Å². The summed E-state index contributed by atoms with van der Waals surface area (Å²) in [5, 5.41) is 22.5. The third-order valence-electron chi connectivity index (χ3n) is 4.29. The van der Waals surface area contributed by atoms with Crippen molar-refractivity contribution >= 4 is 28.4 Å². The smallest absolute Gasteiger partial charge is 0.325 e. The van der Waals surface area contributed by atoms with Crippen LogP contribution in [0.1, 0.15) is 12.5 Å². The second-order valence-corrected chi connectivity index (χ2v) is 6.63. The maximum Gasteiger partial charge on any atom is 0.325 e. The van der Waals surface area contributed by atoms with Crippen molar-refractivity contribution in [2.45, 2.75) is 25.4 Å². The van der Waals surface area contributed by atoms with Gasteiger partial charge in [-0.2, -0.15) is 0 Å². The molecule has 0 aliphatic heterocycles.